The van der Waals surface area contributed by atoms with Gasteiger partial charge in [0.1, 0.15) is 10.7 Å². The molecule has 4 rings (SSSR count). The second-order valence-corrected chi connectivity index (χ2v) is 9.50. The van der Waals surface area contributed by atoms with Crippen molar-refractivity contribution in [1.82, 2.24) is 15.0 Å². The molecule has 27 heavy (non-hydrogen) atoms. The van der Waals surface area contributed by atoms with Crippen LogP contribution in [0.4, 0.5) is 0 Å². The Balaban J connectivity index is 1.39. The predicted octanol–water partition coefficient (Wildman–Crippen LogP) is 5.08. The van der Waals surface area contributed by atoms with Crippen molar-refractivity contribution in [3.05, 3.63) is 78.6 Å². The molecule has 1 aromatic carbocycles. The highest BCUT2D eigenvalue weighted by atomic mass is 32.2. The van der Waals surface area contributed by atoms with Crippen LogP contribution in [0.1, 0.15) is 32.5 Å². The van der Waals surface area contributed by atoms with Gasteiger partial charge in [-0.3, -0.25) is 4.79 Å². The number of thioether (sulfide) groups is 1. The average molecular weight is 414 g/mol. The molecule has 0 saturated carbocycles. The first kappa shape index (κ1) is 18.4. The lowest BCUT2D eigenvalue weighted by Crippen LogP contribution is -2.10. The van der Waals surface area contributed by atoms with Gasteiger partial charge in [0.15, 0.2) is 0 Å². The molecule has 4 nitrogen and oxygen atoms in total. The minimum Gasteiger partial charge on any atom is -0.309 e. The van der Waals surface area contributed by atoms with Crippen LogP contribution in [0.5, 0.6) is 0 Å². The number of nitrogens with zero attached hydrogens (tertiary/aromatic N) is 2. The first-order valence-corrected chi connectivity index (χ1v) is 11.5. The fourth-order valence-electron chi connectivity index (χ4n) is 2.89. The lowest BCUT2D eigenvalue weighted by atomic mass is 10.2. The number of fused-ring (bicyclic) bond motifs is 1. The zero-order valence-electron chi connectivity index (χ0n) is 15.1. The maximum atomic E-state index is 12.3. The molecule has 0 fully saturated rings. The minimum atomic E-state index is -0.0312. The summed E-state index contributed by atoms with van der Waals surface area (Å²) >= 11 is 5.02. The second kappa shape index (κ2) is 7.96. The van der Waals surface area contributed by atoms with Gasteiger partial charge >= 0.3 is 0 Å². The summed E-state index contributed by atoms with van der Waals surface area (Å²) in [7, 11) is 0. The molecule has 0 unspecified atom stereocenters. The van der Waals surface area contributed by atoms with E-state index in [0.717, 1.165) is 49.4 Å². The number of nitrogens with one attached hydrogen (secondary N) is 1. The number of hydrogen-bond donors (Lipinski definition) is 1. The number of rotatable bonds is 6. The van der Waals surface area contributed by atoms with E-state index in [4.69, 9.17) is 4.98 Å². The van der Waals surface area contributed by atoms with E-state index in [9.17, 15) is 4.79 Å². The third kappa shape index (κ3) is 4.15. The third-order valence-electron chi connectivity index (χ3n) is 4.37. The summed E-state index contributed by atoms with van der Waals surface area (Å²) in [6.45, 7) is 4.01. The molecule has 0 bridgehead atoms. The van der Waals surface area contributed by atoms with Gasteiger partial charge in [-0.1, -0.05) is 30.3 Å². The van der Waals surface area contributed by atoms with E-state index >= 15 is 0 Å². The van der Waals surface area contributed by atoms with Crippen molar-refractivity contribution in [3.63, 3.8) is 0 Å². The van der Waals surface area contributed by atoms with Crippen LogP contribution in [0.25, 0.3) is 10.2 Å². The topological polar surface area (TPSA) is 58.6 Å². The average Bonchev–Trinajstić information content (AvgIpc) is 3.20. The summed E-state index contributed by atoms with van der Waals surface area (Å²) in [5, 5.41) is 3.99. The number of benzene rings is 1. The van der Waals surface area contributed by atoms with Gasteiger partial charge in [0.2, 0.25) is 0 Å². The molecular weight excluding hydrogens is 394 g/mol. The standard InChI is InChI=1S/C20H19N3OS3/c1-12-13(2)27-20-18(12)19(24)22-16(23-20)11-25-9-15-10-26-17(21-15)8-14-6-4-3-5-7-14/h3-7,10H,8-9,11H2,1-2H3,(H,22,23,24). The van der Waals surface area contributed by atoms with E-state index in [2.05, 4.69) is 39.6 Å². The quantitative estimate of drug-likeness (QED) is 0.479. The van der Waals surface area contributed by atoms with E-state index in [1.807, 2.05) is 19.9 Å². The zero-order valence-corrected chi connectivity index (χ0v) is 17.6. The summed E-state index contributed by atoms with van der Waals surface area (Å²) in [5.74, 6) is 2.22. The molecule has 0 aliphatic carbocycles. The summed E-state index contributed by atoms with van der Waals surface area (Å²) in [6.07, 6.45) is 0.874. The van der Waals surface area contributed by atoms with Crippen LogP contribution in [0.2, 0.25) is 0 Å². The van der Waals surface area contributed by atoms with Gasteiger partial charge in [-0.05, 0) is 25.0 Å². The van der Waals surface area contributed by atoms with Crippen molar-refractivity contribution in [2.75, 3.05) is 0 Å². The highest BCUT2D eigenvalue weighted by molar-refractivity contribution is 7.97. The van der Waals surface area contributed by atoms with Crippen molar-refractivity contribution in [3.8, 4) is 0 Å². The summed E-state index contributed by atoms with van der Waals surface area (Å²) in [5.41, 5.74) is 3.37. The van der Waals surface area contributed by atoms with Crippen LogP contribution in [-0.4, -0.2) is 15.0 Å². The van der Waals surface area contributed by atoms with Gasteiger partial charge in [-0.15, -0.1) is 34.4 Å². The number of H-pyrrole nitrogens is 1. The maximum Gasteiger partial charge on any atom is 0.259 e. The summed E-state index contributed by atoms with van der Waals surface area (Å²) < 4.78 is 0. The molecule has 7 heteroatoms. The molecular formula is C20H19N3OS3. The van der Waals surface area contributed by atoms with Crippen LogP contribution >= 0.6 is 34.4 Å². The van der Waals surface area contributed by atoms with Gasteiger partial charge in [-0.2, -0.15) is 0 Å². The Bertz CT molecular complexity index is 1130. The lowest BCUT2D eigenvalue weighted by Gasteiger charge is -2.01. The Morgan fingerprint density at radius 3 is 2.74 bits per heavy atom. The van der Waals surface area contributed by atoms with E-state index < -0.39 is 0 Å². The fraction of sp³-hybridized carbons (Fsp3) is 0.250. The smallest absolute Gasteiger partial charge is 0.259 e. The number of aromatic nitrogens is 3. The van der Waals surface area contributed by atoms with Gasteiger partial charge in [0.05, 0.1) is 21.8 Å². The predicted molar refractivity (Wildman–Crippen MR) is 116 cm³/mol. The van der Waals surface area contributed by atoms with Crippen LogP contribution in [-0.2, 0) is 17.9 Å². The normalized spacial score (nSPS) is 11.3. The van der Waals surface area contributed by atoms with Crippen LogP contribution < -0.4 is 5.56 Å². The molecule has 0 spiro atoms. The Kier molecular flexibility index (Phi) is 5.43. The molecule has 0 saturated heterocycles. The summed E-state index contributed by atoms with van der Waals surface area (Å²) in [6, 6.07) is 10.4. The Morgan fingerprint density at radius 1 is 1.11 bits per heavy atom. The largest absolute Gasteiger partial charge is 0.309 e. The highest BCUT2D eigenvalue weighted by Crippen LogP contribution is 2.26. The van der Waals surface area contributed by atoms with Crippen molar-refractivity contribution in [1.29, 1.82) is 0 Å². The van der Waals surface area contributed by atoms with Crippen LogP contribution in [0.15, 0.2) is 40.5 Å². The molecule has 0 aliphatic rings. The SMILES string of the molecule is Cc1sc2nc(CSCc3csc(Cc4ccccc4)n3)[nH]c(=O)c2c1C. The second-order valence-electron chi connectivity index (χ2n) is 6.36. The van der Waals surface area contributed by atoms with Crippen LogP contribution in [0.3, 0.4) is 0 Å². The van der Waals surface area contributed by atoms with E-state index in [0.29, 0.717) is 5.75 Å². The number of aryl methyl sites for hydroxylation is 2. The molecule has 0 atom stereocenters. The Labute approximate surface area is 169 Å². The van der Waals surface area contributed by atoms with E-state index in [1.54, 1.807) is 34.4 Å². The fourth-order valence-corrected chi connectivity index (χ4v) is 5.66. The van der Waals surface area contributed by atoms with Crippen molar-refractivity contribution in [2.24, 2.45) is 0 Å². The zero-order chi connectivity index (χ0) is 18.8. The first-order valence-electron chi connectivity index (χ1n) is 8.64. The van der Waals surface area contributed by atoms with E-state index in [1.165, 1.54) is 5.56 Å². The summed E-state index contributed by atoms with van der Waals surface area (Å²) in [4.78, 5) is 26.6. The number of thiophene rings is 1. The molecule has 0 aliphatic heterocycles. The van der Waals surface area contributed by atoms with Crippen LogP contribution in [0, 0.1) is 13.8 Å². The molecule has 1 N–H and O–H groups in total. The molecule has 4 aromatic rings. The van der Waals surface area contributed by atoms with Gasteiger partial charge in [0.25, 0.3) is 5.56 Å². The van der Waals surface area contributed by atoms with Gasteiger partial charge < -0.3 is 4.98 Å². The monoisotopic (exact) mass is 413 g/mol. The Hall–Kier alpha value is -1.96. The van der Waals surface area contributed by atoms with Crippen molar-refractivity contribution in [2.45, 2.75) is 31.8 Å². The molecule has 3 aromatic heterocycles. The number of thiazole rings is 1. The molecule has 0 radical (unpaired) electrons. The molecule has 138 valence electrons. The third-order valence-corrected chi connectivity index (χ3v) is 7.35. The maximum absolute atomic E-state index is 12.3. The minimum absolute atomic E-state index is 0.0312. The van der Waals surface area contributed by atoms with E-state index in [-0.39, 0.29) is 5.56 Å². The Morgan fingerprint density at radius 2 is 1.93 bits per heavy atom. The molecule has 3 heterocycles. The number of aromatic amines is 1. The van der Waals surface area contributed by atoms with Gasteiger partial charge in [0, 0.05) is 22.4 Å². The molecule has 0 amide bonds. The highest BCUT2D eigenvalue weighted by Gasteiger charge is 2.12. The van der Waals surface area contributed by atoms with Crippen molar-refractivity contribution >= 4 is 44.7 Å². The van der Waals surface area contributed by atoms with Gasteiger partial charge in [-0.25, -0.2) is 9.97 Å². The van der Waals surface area contributed by atoms with Crippen molar-refractivity contribution < 1.29 is 0 Å². The first-order chi connectivity index (χ1) is 13.1. The number of hydrogen-bond acceptors (Lipinski definition) is 6. The lowest BCUT2D eigenvalue weighted by molar-refractivity contribution is 1.04.